The van der Waals surface area contributed by atoms with E-state index in [1.54, 1.807) is 24.3 Å². The Morgan fingerprint density at radius 3 is 2.54 bits per heavy atom. The molecule has 0 aromatic heterocycles. The van der Waals surface area contributed by atoms with Gasteiger partial charge in [0.2, 0.25) is 0 Å². The lowest BCUT2D eigenvalue weighted by molar-refractivity contribution is -0.153. The molecular weight excluding hydrogens is 323 g/mol. The minimum atomic E-state index is -4.34. The normalized spacial score (nSPS) is 19.7. The summed E-state index contributed by atoms with van der Waals surface area (Å²) in [4.78, 5) is 13.1. The topological polar surface area (TPSA) is 49.8 Å². The molecule has 1 aromatic carbocycles. The molecule has 1 saturated heterocycles. The Bertz CT molecular complexity index is 531. The zero-order valence-electron chi connectivity index (χ0n) is 13.4. The molecule has 0 amide bonds. The van der Waals surface area contributed by atoms with Crippen molar-refractivity contribution in [3.8, 4) is 5.75 Å². The van der Waals surface area contributed by atoms with Gasteiger partial charge < -0.3 is 9.84 Å². The molecule has 0 saturated carbocycles. The van der Waals surface area contributed by atoms with Gasteiger partial charge in [-0.15, -0.1) is 0 Å². The first-order chi connectivity index (χ1) is 11.3. The van der Waals surface area contributed by atoms with E-state index in [0.717, 1.165) is 37.9 Å². The molecular formula is C17H22F3NO3. The molecule has 1 aromatic rings. The second-order valence-corrected chi connectivity index (χ2v) is 6.22. The Labute approximate surface area is 139 Å². The van der Waals surface area contributed by atoms with Crippen LogP contribution in [0.2, 0.25) is 0 Å². The molecule has 7 heteroatoms. The second-order valence-electron chi connectivity index (χ2n) is 6.22. The summed E-state index contributed by atoms with van der Waals surface area (Å²) < 4.78 is 41.0. The fourth-order valence-corrected chi connectivity index (χ4v) is 2.95. The van der Waals surface area contributed by atoms with Gasteiger partial charge in [0, 0.05) is 13.0 Å². The van der Waals surface area contributed by atoms with Gasteiger partial charge in [-0.1, -0.05) is 12.1 Å². The molecule has 0 bridgehead atoms. The van der Waals surface area contributed by atoms with E-state index < -0.39 is 18.8 Å². The van der Waals surface area contributed by atoms with Crippen molar-refractivity contribution in [3.05, 3.63) is 29.8 Å². The fourth-order valence-electron chi connectivity index (χ4n) is 2.95. The van der Waals surface area contributed by atoms with Gasteiger partial charge in [-0.3, -0.25) is 9.69 Å². The Morgan fingerprint density at radius 1 is 1.21 bits per heavy atom. The number of hydrogen-bond donors (Lipinski definition) is 1. The molecule has 4 nitrogen and oxygen atoms in total. The van der Waals surface area contributed by atoms with Gasteiger partial charge >= 0.3 is 12.1 Å². The summed E-state index contributed by atoms with van der Waals surface area (Å²) in [7, 11) is 0. The highest BCUT2D eigenvalue weighted by atomic mass is 19.4. The van der Waals surface area contributed by atoms with Crippen molar-refractivity contribution < 1.29 is 27.8 Å². The number of hydrogen-bond acceptors (Lipinski definition) is 3. The number of nitrogens with zero attached hydrogens (tertiary/aromatic N) is 1. The maximum atomic E-state index is 12.1. The second kappa shape index (κ2) is 8.37. The number of halogens is 3. The quantitative estimate of drug-likeness (QED) is 0.854. The number of carbonyl (C=O) groups is 1. The van der Waals surface area contributed by atoms with E-state index in [4.69, 9.17) is 9.84 Å². The smallest absolute Gasteiger partial charge is 0.422 e. The van der Waals surface area contributed by atoms with Crippen LogP contribution in [-0.2, 0) is 11.3 Å². The maximum Gasteiger partial charge on any atom is 0.422 e. The largest absolute Gasteiger partial charge is 0.484 e. The summed E-state index contributed by atoms with van der Waals surface area (Å²) in [6.45, 7) is 1.16. The van der Waals surface area contributed by atoms with E-state index in [1.807, 2.05) is 0 Å². The molecule has 0 aliphatic carbocycles. The molecule has 1 aliphatic heterocycles. The third-order valence-corrected chi connectivity index (χ3v) is 4.14. The molecule has 1 aliphatic rings. The number of likely N-dealkylation sites (tertiary alicyclic amines) is 1. The van der Waals surface area contributed by atoms with Gasteiger partial charge in [-0.25, -0.2) is 0 Å². The Balaban J connectivity index is 1.82. The fraction of sp³-hybridized carbons (Fsp3) is 0.588. The number of ether oxygens (including phenoxy) is 1. The first kappa shape index (κ1) is 18.6. The molecule has 1 fully saturated rings. The highest BCUT2D eigenvalue weighted by molar-refractivity contribution is 5.67. The van der Waals surface area contributed by atoms with Crippen molar-refractivity contribution in [1.82, 2.24) is 4.90 Å². The average molecular weight is 345 g/mol. The average Bonchev–Trinajstić information content (AvgIpc) is 2.71. The summed E-state index contributed by atoms with van der Waals surface area (Å²) >= 11 is 0. The van der Waals surface area contributed by atoms with Crippen molar-refractivity contribution in [2.75, 3.05) is 19.7 Å². The Hall–Kier alpha value is -1.76. The third kappa shape index (κ3) is 6.78. The van der Waals surface area contributed by atoms with Crippen LogP contribution in [0, 0.1) is 5.92 Å². The van der Waals surface area contributed by atoms with E-state index in [1.165, 1.54) is 0 Å². The number of carboxylic acids is 1. The van der Waals surface area contributed by atoms with Crippen molar-refractivity contribution in [3.63, 3.8) is 0 Å². The predicted octanol–water partition coefficient (Wildman–Crippen LogP) is 3.70. The highest BCUT2D eigenvalue weighted by Gasteiger charge is 2.28. The summed E-state index contributed by atoms with van der Waals surface area (Å²) in [6.07, 6.45) is -1.37. The van der Waals surface area contributed by atoms with Crippen LogP contribution in [0.5, 0.6) is 5.75 Å². The maximum absolute atomic E-state index is 12.1. The van der Waals surface area contributed by atoms with Crippen LogP contribution in [0.3, 0.4) is 0 Å². The van der Waals surface area contributed by atoms with E-state index in [0.29, 0.717) is 6.54 Å². The van der Waals surface area contributed by atoms with Crippen molar-refractivity contribution in [2.24, 2.45) is 5.92 Å². The predicted molar refractivity (Wildman–Crippen MR) is 82.9 cm³/mol. The third-order valence-electron chi connectivity index (χ3n) is 4.14. The molecule has 134 valence electrons. The first-order valence-corrected chi connectivity index (χ1v) is 8.04. The van der Waals surface area contributed by atoms with Crippen LogP contribution in [0.1, 0.15) is 31.2 Å². The van der Waals surface area contributed by atoms with Gasteiger partial charge in [0.25, 0.3) is 0 Å². The van der Waals surface area contributed by atoms with Crippen molar-refractivity contribution in [1.29, 1.82) is 0 Å². The monoisotopic (exact) mass is 345 g/mol. The van der Waals surface area contributed by atoms with Gasteiger partial charge in [0.15, 0.2) is 6.61 Å². The number of benzene rings is 1. The first-order valence-electron chi connectivity index (χ1n) is 8.04. The minimum Gasteiger partial charge on any atom is -0.484 e. The number of aliphatic carboxylic acids is 1. The Kier molecular flexibility index (Phi) is 6.48. The van der Waals surface area contributed by atoms with E-state index in [2.05, 4.69) is 4.90 Å². The van der Waals surface area contributed by atoms with Gasteiger partial charge in [0.1, 0.15) is 5.75 Å². The molecule has 2 rings (SSSR count). The number of alkyl halides is 3. The molecule has 0 spiro atoms. The Morgan fingerprint density at radius 2 is 1.92 bits per heavy atom. The summed E-state index contributed by atoms with van der Waals surface area (Å²) in [5.41, 5.74) is 1.01. The van der Waals surface area contributed by atoms with Crippen molar-refractivity contribution in [2.45, 2.75) is 38.4 Å². The summed E-state index contributed by atoms with van der Waals surface area (Å²) in [5.74, 6) is -0.318. The standard InChI is InChI=1S/C17H22F3NO3/c18-17(19,20)12-24-15-5-3-14(4-6-15)11-21-8-1-2-13(7-9-21)10-16(22)23/h3-6,13H,1-2,7-12H2,(H,22,23). The van der Waals surface area contributed by atoms with Gasteiger partial charge in [-0.05, 0) is 56.0 Å². The van der Waals surface area contributed by atoms with Crippen LogP contribution >= 0.6 is 0 Å². The molecule has 1 unspecified atom stereocenters. The SMILES string of the molecule is O=C(O)CC1CCCN(Cc2ccc(OCC(F)(F)F)cc2)CC1. The number of rotatable bonds is 6. The van der Waals surface area contributed by atoms with Crippen LogP contribution in [0.15, 0.2) is 24.3 Å². The van der Waals surface area contributed by atoms with Gasteiger partial charge in [0.05, 0.1) is 0 Å². The summed E-state index contributed by atoms with van der Waals surface area (Å²) in [5, 5.41) is 8.88. The lowest BCUT2D eigenvalue weighted by atomic mass is 9.97. The highest BCUT2D eigenvalue weighted by Crippen LogP contribution is 2.23. The molecule has 24 heavy (non-hydrogen) atoms. The number of carboxylic acid groups (broad SMARTS) is 1. The minimum absolute atomic E-state index is 0.202. The van der Waals surface area contributed by atoms with E-state index >= 15 is 0 Å². The van der Waals surface area contributed by atoms with E-state index in [9.17, 15) is 18.0 Å². The van der Waals surface area contributed by atoms with Crippen LogP contribution in [0.25, 0.3) is 0 Å². The lowest BCUT2D eigenvalue weighted by Gasteiger charge is -2.20. The summed E-state index contributed by atoms with van der Waals surface area (Å²) in [6, 6.07) is 6.63. The molecule has 1 heterocycles. The lowest BCUT2D eigenvalue weighted by Crippen LogP contribution is -2.24. The van der Waals surface area contributed by atoms with Crippen LogP contribution < -0.4 is 4.74 Å². The van der Waals surface area contributed by atoms with E-state index in [-0.39, 0.29) is 18.1 Å². The molecule has 1 N–H and O–H groups in total. The molecule has 1 atom stereocenters. The van der Waals surface area contributed by atoms with Crippen LogP contribution in [0.4, 0.5) is 13.2 Å². The molecule has 0 radical (unpaired) electrons. The van der Waals surface area contributed by atoms with Gasteiger partial charge in [-0.2, -0.15) is 13.2 Å². The van der Waals surface area contributed by atoms with Crippen LogP contribution in [-0.4, -0.2) is 41.8 Å². The van der Waals surface area contributed by atoms with Crippen molar-refractivity contribution >= 4 is 5.97 Å². The zero-order chi connectivity index (χ0) is 17.6. The zero-order valence-corrected chi connectivity index (χ0v) is 13.4.